The molecule has 5 heteroatoms. The van der Waals surface area contributed by atoms with Gasteiger partial charge in [-0.25, -0.2) is 0 Å². The molecule has 0 radical (unpaired) electrons. The van der Waals surface area contributed by atoms with Gasteiger partial charge in [0.25, 0.3) is 0 Å². The Hall–Kier alpha value is -0.851. The van der Waals surface area contributed by atoms with E-state index in [1.165, 1.54) is 71.6 Å². The summed E-state index contributed by atoms with van der Waals surface area (Å²) in [4.78, 5) is 11.6. The summed E-state index contributed by atoms with van der Waals surface area (Å²) >= 11 is -2.79. The van der Waals surface area contributed by atoms with Crippen molar-refractivity contribution in [1.82, 2.24) is 0 Å². The molecule has 36 heavy (non-hydrogen) atoms. The van der Waals surface area contributed by atoms with Crippen molar-refractivity contribution in [2.45, 2.75) is 125 Å². The van der Waals surface area contributed by atoms with Gasteiger partial charge in [-0.3, -0.25) is 0 Å². The van der Waals surface area contributed by atoms with Crippen molar-refractivity contribution < 1.29 is 19.0 Å². The third-order valence-corrected chi connectivity index (χ3v) is 23.3. The first kappa shape index (κ1) is 33.2. The fourth-order valence-corrected chi connectivity index (χ4v) is 22.6. The summed E-state index contributed by atoms with van der Waals surface area (Å²) in [6, 6.07) is 10.3. The van der Waals surface area contributed by atoms with Gasteiger partial charge >= 0.3 is 227 Å². The van der Waals surface area contributed by atoms with Gasteiger partial charge in [-0.1, -0.05) is 0 Å². The summed E-state index contributed by atoms with van der Waals surface area (Å²) in [7, 11) is 0. The van der Waals surface area contributed by atoms with Crippen LogP contribution in [0.2, 0.25) is 13.3 Å². The Labute approximate surface area is 226 Å². The van der Waals surface area contributed by atoms with Crippen LogP contribution in [0, 0.1) is 0 Å². The monoisotopic (exact) mass is 610 g/mol. The molecule has 1 unspecified atom stereocenters. The molecule has 0 heterocycles. The van der Waals surface area contributed by atoms with Gasteiger partial charge in [-0.15, -0.1) is 0 Å². The quantitative estimate of drug-likeness (QED) is 0.0570. The minimum absolute atomic E-state index is 0.0734. The van der Waals surface area contributed by atoms with Crippen LogP contribution in [0.15, 0.2) is 40.0 Å². The van der Waals surface area contributed by atoms with Crippen LogP contribution >= 0.6 is 0 Å². The molecule has 206 valence electrons. The van der Waals surface area contributed by atoms with Crippen molar-refractivity contribution in [2.24, 2.45) is 0 Å². The van der Waals surface area contributed by atoms with Gasteiger partial charge < -0.3 is 0 Å². The van der Waals surface area contributed by atoms with Gasteiger partial charge in [0.15, 0.2) is 0 Å². The molecule has 0 spiro atoms. The van der Waals surface area contributed by atoms with Crippen LogP contribution < -0.4 is 0 Å². The van der Waals surface area contributed by atoms with Gasteiger partial charge in [0.2, 0.25) is 0 Å². The second-order valence-corrected chi connectivity index (χ2v) is 23.4. The van der Waals surface area contributed by atoms with Crippen LogP contribution in [0.5, 0.6) is 0 Å². The fraction of sp³-hybridized carbons (Fsp3) is 0.710. The van der Waals surface area contributed by atoms with Crippen molar-refractivity contribution in [2.75, 3.05) is 13.4 Å². The molecule has 0 saturated carbocycles. The predicted molar refractivity (Wildman–Crippen MR) is 155 cm³/mol. The molecule has 1 aromatic rings. The fourth-order valence-electron chi connectivity index (χ4n) is 5.06. The molecule has 0 aliphatic carbocycles. The van der Waals surface area contributed by atoms with E-state index in [0.29, 0.717) is 20.0 Å². The van der Waals surface area contributed by atoms with E-state index in [1.54, 1.807) is 3.59 Å². The van der Waals surface area contributed by atoms with Gasteiger partial charge in [0.1, 0.15) is 0 Å². The van der Waals surface area contributed by atoms with E-state index in [2.05, 4.69) is 45.9 Å². The minimum atomic E-state index is -2.79. The molecule has 0 saturated heterocycles. The molecule has 0 bridgehead atoms. The zero-order valence-electron chi connectivity index (χ0n) is 24.0. The summed E-state index contributed by atoms with van der Waals surface area (Å²) in [5, 5.41) is 0. The number of hydrogen-bond donors (Lipinski definition) is 0. The zero-order valence-corrected chi connectivity index (χ0v) is 26.8. The molecule has 0 fully saturated rings. The third-order valence-electron chi connectivity index (χ3n) is 7.11. The van der Waals surface area contributed by atoms with E-state index in [4.69, 9.17) is 14.2 Å². The van der Waals surface area contributed by atoms with E-state index in [1.807, 2.05) is 18.2 Å². The number of carbonyl (C=O) groups excluding carboxylic acids is 1. The number of hydrogen-bond acceptors (Lipinski definition) is 4. The summed E-state index contributed by atoms with van der Waals surface area (Å²) < 4.78 is 23.7. The number of benzene rings is 1. The summed E-state index contributed by atoms with van der Waals surface area (Å²) in [6.45, 7) is 11.9. The Balaban J connectivity index is 3.24. The van der Waals surface area contributed by atoms with Crippen molar-refractivity contribution >= 4 is 24.3 Å². The molecule has 1 rings (SSSR count). The number of rotatable bonds is 22. The molecular formula is C31H54O4Sn. The maximum atomic E-state index is 11.6. The Kier molecular flexibility index (Phi) is 19.5. The maximum absolute atomic E-state index is 11.6. The SMILES string of the molecule is CCCCCC(OCOCc1ccccc1)/[C](=C/COC(C)=O)[Sn]([CH2]CCC)([CH2]CCC)[CH2]CCC. The van der Waals surface area contributed by atoms with Crippen molar-refractivity contribution in [3.05, 3.63) is 45.6 Å². The van der Waals surface area contributed by atoms with Gasteiger partial charge in [-0.2, -0.15) is 0 Å². The Morgan fingerprint density at radius 3 is 1.97 bits per heavy atom. The Morgan fingerprint density at radius 2 is 1.44 bits per heavy atom. The second-order valence-electron chi connectivity index (χ2n) is 10.2. The first-order valence-corrected chi connectivity index (χ1v) is 22.1. The summed E-state index contributed by atoms with van der Waals surface area (Å²) in [6.07, 6.45) is 14.5. The molecular weight excluding hydrogens is 555 g/mol. The van der Waals surface area contributed by atoms with E-state index in [9.17, 15) is 4.79 Å². The van der Waals surface area contributed by atoms with Crippen molar-refractivity contribution in [3.8, 4) is 0 Å². The number of esters is 1. The number of carbonyl (C=O) groups is 1. The first-order chi connectivity index (χ1) is 17.5. The molecule has 0 aromatic heterocycles. The van der Waals surface area contributed by atoms with E-state index < -0.39 is 18.4 Å². The van der Waals surface area contributed by atoms with Crippen LogP contribution in [0.25, 0.3) is 0 Å². The first-order valence-electron chi connectivity index (χ1n) is 14.6. The number of unbranched alkanes of at least 4 members (excludes halogenated alkanes) is 5. The molecule has 1 aromatic carbocycles. The molecule has 0 aliphatic heterocycles. The van der Waals surface area contributed by atoms with Crippen LogP contribution in [0.4, 0.5) is 0 Å². The van der Waals surface area contributed by atoms with Gasteiger partial charge in [0, 0.05) is 0 Å². The second kappa shape index (κ2) is 21.1. The van der Waals surface area contributed by atoms with Crippen LogP contribution in [0.3, 0.4) is 0 Å². The van der Waals surface area contributed by atoms with Gasteiger partial charge in [-0.05, 0) is 0 Å². The Bertz CT molecular complexity index is 682. The average Bonchev–Trinajstić information content (AvgIpc) is 2.89. The predicted octanol–water partition coefficient (Wildman–Crippen LogP) is 9.00. The molecule has 1 atom stereocenters. The average molecular weight is 609 g/mol. The standard InChI is InChI=1S/C19H27O4.3C4H9.Sn/c1-3-4-6-12-19(13-9-14-22-17(2)20)23-16-21-15-18-10-7-5-8-11-18;3*1-3-4-2;/h5,7-11,19H,3-4,6,12,14-16H2,1-2H3;3*1,3-4H2,2H3;. The summed E-state index contributed by atoms with van der Waals surface area (Å²) in [5.74, 6) is -0.211. The molecule has 4 nitrogen and oxygen atoms in total. The molecule has 0 amide bonds. The van der Waals surface area contributed by atoms with Crippen molar-refractivity contribution in [3.63, 3.8) is 0 Å². The van der Waals surface area contributed by atoms with Crippen LogP contribution in [-0.4, -0.2) is 43.9 Å². The normalized spacial score (nSPS) is 13.1. The van der Waals surface area contributed by atoms with Crippen LogP contribution in [0.1, 0.15) is 104 Å². The topological polar surface area (TPSA) is 44.8 Å². The Morgan fingerprint density at radius 1 is 0.861 bits per heavy atom. The van der Waals surface area contributed by atoms with E-state index in [0.717, 1.165) is 18.4 Å². The van der Waals surface area contributed by atoms with E-state index >= 15 is 0 Å². The third kappa shape index (κ3) is 13.6. The van der Waals surface area contributed by atoms with E-state index in [-0.39, 0.29) is 12.1 Å². The molecule has 0 aliphatic rings. The summed E-state index contributed by atoms with van der Waals surface area (Å²) in [5.41, 5.74) is 1.16. The zero-order chi connectivity index (χ0) is 26.5. The van der Waals surface area contributed by atoms with Gasteiger partial charge in [0.05, 0.1) is 0 Å². The molecule has 0 N–H and O–H groups in total. The van der Waals surface area contributed by atoms with Crippen LogP contribution in [-0.2, 0) is 25.6 Å². The number of ether oxygens (including phenoxy) is 3. The van der Waals surface area contributed by atoms with Crippen molar-refractivity contribution in [1.29, 1.82) is 0 Å².